The molecule has 0 aromatic heterocycles. The highest BCUT2D eigenvalue weighted by molar-refractivity contribution is 5.90. The fourth-order valence-corrected chi connectivity index (χ4v) is 4.41. The van der Waals surface area contributed by atoms with E-state index < -0.39 is 0 Å². The summed E-state index contributed by atoms with van der Waals surface area (Å²) < 4.78 is 0. The van der Waals surface area contributed by atoms with Gasteiger partial charge in [-0.15, -0.1) is 12.4 Å². The number of amides is 1. The molecule has 5 nitrogen and oxygen atoms in total. The SMILES string of the molecule is CC(C)(CN)CNCCCCNCC1CCN(C(=O)Cc2cccc3ccccc23)CC1.Cl. The number of carbonyl (C=O) groups is 1. The standard InChI is InChI=1S/C27H42N4O.ClH/c1-27(2,20-28)21-30-15-6-5-14-29-19-22-12-16-31(17-13-22)26(32)18-24-10-7-9-23-8-3-4-11-25(23)24;/h3-4,7-11,22,29-30H,5-6,12-21,28H2,1-2H3;1H. The zero-order valence-electron chi connectivity index (χ0n) is 20.4. The normalized spacial score (nSPS) is 14.9. The second kappa shape index (κ2) is 13.9. The van der Waals surface area contributed by atoms with Gasteiger partial charge in [-0.2, -0.15) is 0 Å². The monoisotopic (exact) mass is 474 g/mol. The summed E-state index contributed by atoms with van der Waals surface area (Å²) in [5, 5.41) is 9.54. The molecule has 33 heavy (non-hydrogen) atoms. The second-order valence-corrected chi connectivity index (χ2v) is 10.1. The van der Waals surface area contributed by atoms with Crippen LogP contribution in [-0.2, 0) is 11.2 Å². The molecule has 1 aliphatic heterocycles. The Balaban J connectivity index is 0.00000385. The Hall–Kier alpha value is -1.66. The predicted molar refractivity (Wildman–Crippen MR) is 142 cm³/mol. The Morgan fingerprint density at radius 2 is 1.70 bits per heavy atom. The van der Waals surface area contributed by atoms with Crippen molar-refractivity contribution in [3.63, 3.8) is 0 Å². The molecule has 0 radical (unpaired) electrons. The zero-order valence-corrected chi connectivity index (χ0v) is 21.3. The van der Waals surface area contributed by atoms with E-state index in [9.17, 15) is 4.79 Å². The minimum atomic E-state index is 0. The molecule has 184 valence electrons. The molecule has 0 aliphatic carbocycles. The lowest BCUT2D eigenvalue weighted by Gasteiger charge is -2.32. The Morgan fingerprint density at radius 1 is 1.03 bits per heavy atom. The molecule has 1 heterocycles. The number of halogens is 1. The van der Waals surface area contributed by atoms with E-state index in [-0.39, 0.29) is 23.7 Å². The van der Waals surface area contributed by atoms with Gasteiger partial charge in [0.2, 0.25) is 5.91 Å². The first-order valence-corrected chi connectivity index (χ1v) is 12.3. The number of piperidine rings is 1. The topological polar surface area (TPSA) is 70.4 Å². The number of nitrogens with one attached hydrogen (secondary N) is 2. The minimum absolute atomic E-state index is 0. The van der Waals surface area contributed by atoms with Crippen molar-refractivity contribution in [2.24, 2.45) is 17.1 Å². The fourth-order valence-electron chi connectivity index (χ4n) is 4.41. The van der Waals surface area contributed by atoms with E-state index >= 15 is 0 Å². The van der Waals surface area contributed by atoms with E-state index in [4.69, 9.17) is 5.73 Å². The molecule has 1 amide bonds. The molecule has 0 unspecified atom stereocenters. The number of nitrogens with two attached hydrogens (primary N) is 1. The van der Waals surface area contributed by atoms with Crippen molar-refractivity contribution in [3.05, 3.63) is 48.0 Å². The summed E-state index contributed by atoms with van der Waals surface area (Å²) >= 11 is 0. The van der Waals surface area contributed by atoms with E-state index in [1.165, 1.54) is 23.6 Å². The van der Waals surface area contributed by atoms with Gasteiger partial charge in [-0.25, -0.2) is 0 Å². The second-order valence-electron chi connectivity index (χ2n) is 10.1. The van der Waals surface area contributed by atoms with E-state index in [1.807, 2.05) is 12.1 Å². The van der Waals surface area contributed by atoms with Crippen LogP contribution in [0.4, 0.5) is 0 Å². The van der Waals surface area contributed by atoms with Gasteiger partial charge in [0, 0.05) is 19.6 Å². The number of carbonyl (C=O) groups excluding carboxylic acids is 1. The fraction of sp³-hybridized carbons (Fsp3) is 0.593. The van der Waals surface area contributed by atoms with Crippen LogP contribution in [0.1, 0.15) is 45.1 Å². The van der Waals surface area contributed by atoms with Crippen molar-refractivity contribution in [2.45, 2.75) is 46.0 Å². The minimum Gasteiger partial charge on any atom is -0.342 e. The van der Waals surface area contributed by atoms with Gasteiger partial charge in [0.1, 0.15) is 0 Å². The molecule has 0 saturated carbocycles. The Kier molecular flexibility index (Phi) is 11.6. The Morgan fingerprint density at radius 3 is 2.42 bits per heavy atom. The van der Waals surface area contributed by atoms with Crippen LogP contribution >= 0.6 is 12.4 Å². The van der Waals surface area contributed by atoms with Crippen molar-refractivity contribution in [1.82, 2.24) is 15.5 Å². The summed E-state index contributed by atoms with van der Waals surface area (Å²) in [6.45, 7) is 11.1. The van der Waals surface area contributed by atoms with E-state index in [2.05, 4.69) is 59.7 Å². The number of benzene rings is 2. The van der Waals surface area contributed by atoms with Gasteiger partial charge in [-0.1, -0.05) is 56.3 Å². The van der Waals surface area contributed by atoms with Gasteiger partial charge in [-0.3, -0.25) is 4.79 Å². The zero-order chi connectivity index (χ0) is 22.8. The number of nitrogens with zero attached hydrogens (tertiary/aromatic N) is 1. The maximum absolute atomic E-state index is 12.9. The maximum Gasteiger partial charge on any atom is 0.227 e. The molecule has 6 heteroatoms. The smallest absolute Gasteiger partial charge is 0.227 e. The number of fused-ring (bicyclic) bond motifs is 1. The highest BCUT2D eigenvalue weighted by atomic mass is 35.5. The molecule has 0 atom stereocenters. The van der Waals surface area contributed by atoms with Gasteiger partial charge in [0.15, 0.2) is 0 Å². The molecule has 1 saturated heterocycles. The van der Waals surface area contributed by atoms with Crippen molar-refractivity contribution >= 4 is 29.1 Å². The molecule has 4 N–H and O–H groups in total. The lowest BCUT2D eigenvalue weighted by Crippen LogP contribution is -2.41. The van der Waals surface area contributed by atoms with Crippen molar-refractivity contribution in [2.75, 3.05) is 45.8 Å². The van der Waals surface area contributed by atoms with Crippen molar-refractivity contribution < 1.29 is 4.79 Å². The van der Waals surface area contributed by atoms with Crippen LogP contribution in [0, 0.1) is 11.3 Å². The summed E-state index contributed by atoms with van der Waals surface area (Å²) in [5.41, 5.74) is 7.09. The lowest BCUT2D eigenvalue weighted by atomic mass is 9.94. The molecule has 0 spiro atoms. The average molecular weight is 475 g/mol. The Labute approximate surface area is 206 Å². The lowest BCUT2D eigenvalue weighted by molar-refractivity contribution is -0.131. The van der Waals surface area contributed by atoms with Crippen LogP contribution < -0.4 is 16.4 Å². The molecule has 2 aromatic carbocycles. The third-order valence-corrected chi connectivity index (χ3v) is 6.74. The summed E-state index contributed by atoms with van der Waals surface area (Å²) in [6, 6.07) is 14.6. The van der Waals surface area contributed by atoms with Gasteiger partial charge in [0.25, 0.3) is 0 Å². The van der Waals surface area contributed by atoms with Gasteiger partial charge < -0.3 is 21.3 Å². The first-order chi connectivity index (χ1) is 15.5. The van der Waals surface area contributed by atoms with Crippen LogP contribution in [0.3, 0.4) is 0 Å². The third kappa shape index (κ3) is 8.90. The number of hydrogen-bond acceptors (Lipinski definition) is 4. The largest absolute Gasteiger partial charge is 0.342 e. The van der Waals surface area contributed by atoms with Crippen LogP contribution in [0.2, 0.25) is 0 Å². The molecule has 1 fully saturated rings. The summed E-state index contributed by atoms with van der Waals surface area (Å²) in [6.07, 6.45) is 5.09. The van der Waals surface area contributed by atoms with Crippen LogP contribution in [0.25, 0.3) is 10.8 Å². The van der Waals surface area contributed by atoms with Crippen LogP contribution in [-0.4, -0.2) is 56.6 Å². The van der Waals surface area contributed by atoms with Gasteiger partial charge >= 0.3 is 0 Å². The van der Waals surface area contributed by atoms with Crippen LogP contribution in [0.15, 0.2) is 42.5 Å². The maximum atomic E-state index is 12.9. The Bertz CT molecular complexity index is 844. The summed E-state index contributed by atoms with van der Waals surface area (Å²) in [4.78, 5) is 14.9. The predicted octanol–water partition coefficient (Wildman–Crippen LogP) is 3.99. The molecule has 2 aromatic rings. The quantitative estimate of drug-likeness (QED) is 0.407. The highest BCUT2D eigenvalue weighted by Gasteiger charge is 2.23. The summed E-state index contributed by atoms with van der Waals surface area (Å²) in [7, 11) is 0. The average Bonchev–Trinajstić information content (AvgIpc) is 2.81. The number of rotatable bonds is 12. The highest BCUT2D eigenvalue weighted by Crippen LogP contribution is 2.21. The van der Waals surface area contributed by atoms with E-state index in [0.29, 0.717) is 12.3 Å². The molecule has 1 aliphatic rings. The van der Waals surface area contributed by atoms with Gasteiger partial charge in [-0.05, 0) is 79.5 Å². The van der Waals surface area contributed by atoms with Gasteiger partial charge in [0.05, 0.1) is 6.42 Å². The van der Waals surface area contributed by atoms with Crippen LogP contribution in [0.5, 0.6) is 0 Å². The first kappa shape index (κ1) is 27.6. The third-order valence-electron chi connectivity index (χ3n) is 6.74. The van der Waals surface area contributed by atoms with E-state index in [0.717, 1.165) is 64.2 Å². The molecule has 0 bridgehead atoms. The number of hydrogen-bond donors (Lipinski definition) is 3. The molecular formula is C27H43ClN4O. The number of likely N-dealkylation sites (tertiary alicyclic amines) is 1. The van der Waals surface area contributed by atoms with Crippen molar-refractivity contribution in [3.8, 4) is 0 Å². The first-order valence-electron chi connectivity index (χ1n) is 12.3. The number of unbranched alkanes of at least 4 members (excludes halogenated alkanes) is 1. The molecular weight excluding hydrogens is 432 g/mol. The van der Waals surface area contributed by atoms with Crippen molar-refractivity contribution in [1.29, 1.82) is 0 Å². The summed E-state index contributed by atoms with van der Waals surface area (Å²) in [5.74, 6) is 0.943. The van der Waals surface area contributed by atoms with E-state index in [1.54, 1.807) is 0 Å². The molecule has 3 rings (SSSR count).